The predicted octanol–water partition coefficient (Wildman–Crippen LogP) is 1.86. The van der Waals surface area contributed by atoms with Crippen LogP contribution in [0.15, 0.2) is 18.2 Å². The minimum Gasteiger partial charge on any atom is -0.344 e. The molecule has 2 unspecified atom stereocenters. The minimum absolute atomic E-state index is 0. The van der Waals surface area contributed by atoms with Crippen LogP contribution in [0, 0.1) is 5.82 Å². The first-order valence-corrected chi connectivity index (χ1v) is 7.07. The molecule has 1 fully saturated rings. The summed E-state index contributed by atoms with van der Waals surface area (Å²) in [6.45, 7) is 2.14. The first-order chi connectivity index (χ1) is 9.88. The van der Waals surface area contributed by atoms with Gasteiger partial charge in [0.2, 0.25) is 11.8 Å². The number of halogens is 3. The van der Waals surface area contributed by atoms with E-state index in [1.165, 1.54) is 17.0 Å². The molecule has 2 rings (SSSR count). The lowest BCUT2D eigenvalue weighted by Gasteiger charge is -2.18. The van der Waals surface area contributed by atoms with Crippen LogP contribution in [0.4, 0.5) is 10.1 Å². The number of nitrogens with two attached hydrogens (primary N) is 1. The van der Waals surface area contributed by atoms with Gasteiger partial charge in [0, 0.05) is 24.7 Å². The molecule has 0 aliphatic carbocycles. The van der Waals surface area contributed by atoms with Crippen molar-refractivity contribution in [2.45, 2.75) is 31.8 Å². The van der Waals surface area contributed by atoms with Crippen molar-refractivity contribution in [1.29, 1.82) is 0 Å². The normalized spacial score (nSPS) is 18.8. The lowest BCUT2D eigenvalue weighted by molar-refractivity contribution is -0.126. The fourth-order valence-electron chi connectivity index (χ4n) is 2.27. The molecule has 0 aromatic heterocycles. The average molecular weight is 350 g/mol. The maximum Gasteiger partial charge on any atom is 0.249 e. The molecule has 1 heterocycles. The van der Waals surface area contributed by atoms with Crippen molar-refractivity contribution in [3.63, 3.8) is 0 Å². The molecule has 0 saturated carbocycles. The number of carbonyl (C=O) groups excluding carboxylic acids is 2. The Morgan fingerprint density at radius 2 is 2.27 bits per heavy atom. The van der Waals surface area contributed by atoms with Crippen LogP contribution in [-0.2, 0) is 9.59 Å². The van der Waals surface area contributed by atoms with E-state index in [0.717, 1.165) is 0 Å². The van der Waals surface area contributed by atoms with Gasteiger partial charge in [-0.1, -0.05) is 11.6 Å². The van der Waals surface area contributed by atoms with E-state index in [2.05, 4.69) is 5.32 Å². The quantitative estimate of drug-likeness (QED) is 0.870. The summed E-state index contributed by atoms with van der Waals surface area (Å²) in [7, 11) is 0. The highest BCUT2D eigenvalue weighted by atomic mass is 35.5. The molecule has 3 N–H and O–H groups in total. The highest BCUT2D eigenvalue weighted by Gasteiger charge is 2.33. The molecule has 122 valence electrons. The maximum atomic E-state index is 13.5. The van der Waals surface area contributed by atoms with Crippen LogP contribution in [0.5, 0.6) is 0 Å². The van der Waals surface area contributed by atoms with Gasteiger partial charge in [-0.2, -0.15) is 0 Å². The number of rotatable bonds is 4. The Balaban J connectivity index is 0.00000242. The van der Waals surface area contributed by atoms with Gasteiger partial charge in [0.15, 0.2) is 0 Å². The predicted molar refractivity (Wildman–Crippen MR) is 85.8 cm³/mol. The standard InChI is InChI=1S/C14H17ClFN3O2.ClH/c1-8(17)6-13(20)18-12-4-5-19(14(12)21)9-2-3-10(15)11(16)7-9;/h2-3,7-8,12H,4-6,17H2,1H3,(H,18,20);1H. The van der Waals surface area contributed by atoms with Crippen LogP contribution >= 0.6 is 24.0 Å². The minimum atomic E-state index is -0.588. The zero-order valence-corrected chi connectivity index (χ0v) is 13.6. The van der Waals surface area contributed by atoms with Crippen LogP contribution in [0.2, 0.25) is 5.02 Å². The third-order valence-corrected chi connectivity index (χ3v) is 3.57. The van der Waals surface area contributed by atoms with Gasteiger partial charge in [-0.25, -0.2) is 4.39 Å². The molecule has 5 nitrogen and oxygen atoms in total. The number of nitrogens with one attached hydrogen (secondary N) is 1. The fraction of sp³-hybridized carbons (Fsp3) is 0.429. The van der Waals surface area contributed by atoms with Crippen LogP contribution in [0.1, 0.15) is 19.8 Å². The molecule has 1 aliphatic heterocycles. The molecular formula is C14H18Cl2FN3O2. The summed E-state index contributed by atoms with van der Waals surface area (Å²) in [6.07, 6.45) is 0.646. The van der Waals surface area contributed by atoms with E-state index in [-0.39, 0.29) is 41.7 Å². The summed E-state index contributed by atoms with van der Waals surface area (Å²) in [5, 5.41) is 2.66. The fourth-order valence-corrected chi connectivity index (χ4v) is 2.39. The van der Waals surface area contributed by atoms with E-state index in [4.69, 9.17) is 17.3 Å². The third-order valence-electron chi connectivity index (χ3n) is 3.26. The molecule has 1 aromatic carbocycles. The van der Waals surface area contributed by atoms with E-state index in [9.17, 15) is 14.0 Å². The highest BCUT2D eigenvalue weighted by Crippen LogP contribution is 2.25. The molecule has 1 aromatic rings. The zero-order valence-electron chi connectivity index (χ0n) is 12.0. The molecule has 0 radical (unpaired) electrons. The maximum absolute atomic E-state index is 13.5. The van der Waals surface area contributed by atoms with Gasteiger partial charge in [-0.05, 0) is 31.5 Å². The van der Waals surface area contributed by atoms with Crippen molar-refractivity contribution in [2.75, 3.05) is 11.4 Å². The summed E-state index contributed by atoms with van der Waals surface area (Å²) in [6, 6.07) is 3.35. The van der Waals surface area contributed by atoms with Crippen LogP contribution < -0.4 is 16.0 Å². The van der Waals surface area contributed by atoms with Gasteiger partial charge in [0.25, 0.3) is 0 Å². The summed E-state index contributed by atoms with van der Waals surface area (Å²) in [5.41, 5.74) is 5.98. The van der Waals surface area contributed by atoms with Gasteiger partial charge >= 0.3 is 0 Å². The zero-order chi connectivity index (χ0) is 15.6. The SMILES string of the molecule is CC(N)CC(=O)NC1CCN(c2ccc(Cl)c(F)c2)C1=O.Cl. The monoisotopic (exact) mass is 349 g/mol. The van der Waals surface area contributed by atoms with E-state index >= 15 is 0 Å². The molecular weight excluding hydrogens is 332 g/mol. The number of hydrogen-bond acceptors (Lipinski definition) is 3. The average Bonchev–Trinajstić information content (AvgIpc) is 2.74. The Hall–Kier alpha value is -1.37. The van der Waals surface area contributed by atoms with Gasteiger partial charge < -0.3 is 16.0 Å². The van der Waals surface area contributed by atoms with Crippen molar-refractivity contribution in [2.24, 2.45) is 5.73 Å². The van der Waals surface area contributed by atoms with E-state index in [1.807, 2.05) is 0 Å². The summed E-state index contributed by atoms with van der Waals surface area (Å²) in [4.78, 5) is 25.3. The molecule has 2 atom stereocenters. The van der Waals surface area contributed by atoms with Gasteiger partial charge in [-0.3, -0.25) is 9.59 Å². The Bertz CT molecular complexity index is 569. The second-order valence-corrected chi connectivity index (χ2v) is 5.59. The number of benzene rings is 1. The van der Waals surface area contributed by atoms with Crippen LogP contribution in [0.25, 0.3) is 0 Å². The molecule has 8 heteroatoms. The van der Waals surface area contributed by atoms with Gasteiger partial charge in [-0.15, -0.1) is 12.4 Å². The van der Waals surface area contributed by atoms with Crippen LogP contribution in [0.3, 0.4) is 0 Å². The number of amides is 2. The molecule has 1 saturated heterocycles. The Kier molecular flexibility index (Phi) is 6.59. The smallest absolute Gasteiger partial charge is 0.249 e. The number of hydrogen-bond donors (Lipinski definition) is 2. The van der Waals surface area contributed by atoms with Crippen molar-refractivity contribution in [1.82, 2.24) is 5.32 Å². The summed E-state index contributed by atoms with van der Waals surface area (Å²) in [5.74, 6) is -1.09. The highest BCUT2D eigenvalue weighted by molar-refractivity contribution is 6.30. The second kappa shape index (κ2) is 7.76. The number of anilines is 1. The molecule has 22 heavy (non-hydrogen) atoms. The van der Waals surface area contributed by atoms with Gasteiger partial charge in [0.1, 0.15) is 11.9 Å². The van der Waals surface area contributed by atoms with Crippen molar-refractivity contribution < 1.29 is 14.0 Å². The van der Waals surface area contributed by atoms with Gasteiger partial charge in [0.05, 0.1) is 5.02 Å². The first kappa shape index (κ1) is 18.7. The van der Waals surface area contributed by atoms with E-state index in [1.54, 1.807) is 13.0 Å². The van der Waals surface area contributed by atoms with Crippen molar-refractivity contribution in [3.05, 3.63) is 29.0 Å². The largest absolute Gasteiger partial charge is 0.344 e. The van der Waals surface area contributed by atoms with Crippen molar-refractivity contribution >= 4 is 41.5 Å². The lowest BCUT2D eigenvalue weighted by Crippen LogP contribution is -2.43. The molecule has 1 aliphatic rings. The Labute approximate surface area is 139 Å². The Morgan fingerprint density at radius 1 is 1.59 bits per heavy atom. The number of nitrogens with zero attached hydrogens (tertiary/aromatic N) is 1. The van der Waals surface area contributed by atoms with E-state index < -0.39 is 11.9 Å². The topological polar surface area (TPSA) is 75.4 Å². The molecule has 0 spiro atoms. The lowest BCUT2D eigenvalue weighted by atomic mass is 10.2. The first-order valence-electron chi connectivity index (χ1n) is 6.70. The molecule has 2 amide bonds. The van der Waals surface area contributed by atoms with Crippen LogP contribution in [-0.4, -0.2) is 30.4 Å². The Morgan fingerprint density at radius 3 is 2.86 bits per heavy atom. The number of carbonyl (C=O) groups is 2. The summed E-state index contributed by atoms with van der Waals surface area (Å²) < 4.78 is 13.5. The second-order valence-electron chi connectivity index (χ2n) is 5.18. The third kappa shape index (κ3) is 4.32. The molecule has 0 bridgehead atoms. The van der Waals surface area contributed by atoms with Crippen molar-refractivity contribution in [3.8, 4) is 0 Å². The summed E-state index contributed by atoms with van der Waals surface area (Å²) >= 11 is 5.62. The van der Waals surface area contributed by atoms with E-state index in [0.29, 0.717) is 18.7 Å².